The van der Waals surface area contributed by atoms with Gasteiger partial charge in [0.1, 0.15) is 0 Å². The number of carbonyl (C=O) groups is 1. The van der Waals surface area contributed by atoms with Crippen LogP contribution in [-0.4, -0.2) is 46.9 Å². The molecule has 0 unspecified atom stereocenters. The van der Waals surface area contributed by atoms with E-state index in [4.69, 9.17) is 0 Å². The van der Waals surface area contributed by atoms with E-state index >= 15 is 0 Å². The van der Waals surface area contributed by atoms with Gasteiger partial charge in [-0.2, -0.15) is 0 Å². The normalized spacial score (nSPS) is 23.9. The summed E-state index contributed by atoms with van der Waals surface area (Å²) in [6.45, 7) is 13.5. The monoisotopic (exact) mass is 226 g/mol. The summed E-state index contributed by atoms with van der Waals surface area (Å²) in [5.74, 6) is 0.325. The largest absolute Gasteiger partial charge is 0.340 e. The molecule has 3 heteroatoms. The minimum Gasteiger partial charge on any atom is -0.340 e. The van der Waals surface area contributed by atoms with Gasteiger partial charge in [0, 0.05) is 25.2 Å². The van der Waals surface area contributed by atoms with E-state index in [0.29, 0.717) is 5.91 Å². The van der Waals surface area contributed by atoms with E-state index in [9.17, 15) is 4.79 Å². The van der Waals surface area contributed by atoms with Crippen LogP contribution < -0.4 is 0 Å². The molecule has 0 aromatic heterocycles. The Balaban J connectivity index is 2.83. The van der Waals surface area contributed by atoms with Gasteiger partial charge in [0.05, 0.1) is 6.04 Å². The van der Waals surface area contributed by atoms with Crippen LogP contribution in [0.2, 0.25) is 0 Å². The van der Waals surface area contributed by atoms with Gasteiger partial charge in [0.15, 0.2) is 0 Å². The SMILES string of the molecule is CCC[C@H]1C(=O)N(CC)CCN1C(C)(C)C. The minimum absolute atomic E-state index is 0.0926. The number of piperazine rings is 1. The van der Waals surface area contributed by atoms with Gasteiger partial charge in [-0.15, -0.1) is 0 Å². The number of hydrogen-bond donors (Lipinski definition) is 0. The molecule has 0 N–H and O–H groups in total. The summed E-state index contributed by atoms with van der Waals surface area (Å²) in [7, 11) is 0. The van der Waals surface area contributed by atoms with Crippen molar-refractivity contribution in [3.8, 4) is 0 Å². The van der Waals surface area contributed by atoms with Crippen molar-refractivity contribution in [1.29, 1.82) is 0 Å². The Kier molecular flexibility index (Phi) is 4.36. The van der Waals surface area contributed by atoms with Crippen molar-refractivity contribution in [2.75, 3.05) is 19.6 Å². The maximum Gasteiger partial charge on any atom is 0.239 e. The first-order chi connectivity index (χ1) is 7.41. The summed E-state index contributed by atoms with van der Waals surface area (Å²) in [5.41, 5.74) is 0.0926. The van der Waals surface area contributed by atoms with Crippen LogP contribution in [0.4, 0.5) is 0 Å². The highest BCUT2D eigenvalue weighted by molar-refractivity contribution is 5.82. The van der Waals surface area contributed by atoms with E-state index in [1.54, 1.807) is 0 Å². The molecule has 1 heterocycles. The predicted octanol–water partition coefficient (Wildman–Crippen LogP) is 2.12. The molecule has 1 fully saturated rings. The van der Waals surface area contributed by atoms with Crippen LogP contribution in [0.1, 0.15) is 47.5 Å². The maximum atomic E-state index is 12.3. The molecule has 1 aliphatic rings. The number of nitrogens with zero attached hydrogens (tertiary/aromatic N) is 2. The molecular weight excluding hydrogens is 200 g/mol. The second-order valence-corrected chi connectivity index (χ2v) is 5.59. The Bertz CT molecular complexity index is 245. The maximum absolute atomic E-state index is 12.3. The van der Waals surface area contributed by atoms with E-state index in [1.165, 1.54) is 0 Å². The summed E-state index contributed by atoms with van der Waals surface area (Å²) >= 11 is 0. The van der Waals surface area contributed by atoms with Crippen LogP contribution in [-0.2, 0) is 4.79 Å². The fraction of sp³-hybridized carbons (Fsp3) is 0.923. The summed E-state index contributed by atoms with van der Waals surface area (Å²) < 4.78 is 0. The average molecular weight is 226 g/mol. The highest BCUT2D eigenvalue weighted by Crippen LogP contribution is 2.24. The van der Waals surface area contributed by atoms with Crippen LogP contribution in [0.15, 0.2) is 0 Å². The molecular formula is C13H26N2O. The van der Waals surface area contributed by atoms with Crippen LogP contribution in [0, 0.1) is 0 Å². The summed E-state index contributed by atoms with van der Waals surface area (Å²) in [5, 5.41) is 0. The lowest BCUT2D eigenvalue weighted by atomic mass is 9.97. The Labute approximate surface area is 99.8 Å². The van der Waals surface area contributed by atoms with Crippen molar-refractivity contribution in [1.82, 2.24) is 9.80 Å². The van der Waals surface area contributed by atoms with Gasteiger partial charge in [0.25, 0.3) is 0 Å². The molecule has 0 aromatic rings. The third-order valence-electron chi connectivity index (χ3n) is 3.39. The predicted molar refractivity (Wildman–Crippen MR) is 67.4 cm³/mol. The summed E-state index contributed by atoms with van der Waals surface area (Å²) in [6.07, 6.45) is 2.05. The standard InChI is InChI=1S/C13H26N2O/c1-6-8-11-12(16)14(7-2)9-10-15(11)13(3,4)5/h11H,6-10H2,1-5H3/t11-/m0/s1. The molecule has 0 aromatic carbocycles. The first kappa shape index (κ1) is 13.5. The molecule has 1 saturated heterocycles. The van der Waals surface area contributed by atoms with Gasteiger partial charge < -0.3 is 4.90 Å². The molecule has 1 amide bonds. The van der Waals surface area contributed by atoms with Crippen molar-refractivity contribution >= 4 is 5.91 Å². The zero-order valence-electron chi connectivity index (χ0n) is 11.4. The highest BCUT2D eigenvalue weighted by atomic mass is 16.2. The third kappa shape index (κ3) is 2.76. The first-order valence-electron chi connectivity index (χ1n) is 6.47. The van der Waals surface area contributed by atoms with Crippen molar-refractivity contribution in [3.63, 3.8) is 0 Å². The Morgan fingerprint density at radius 2 is 1.88 bits per heavy atom. The third-order valence-corrected chi connectivity index (χ3v) is 3.39. The fourth-order valence-electron chi connectivity index (χ4n) is 2.51. The molecule has 0 aliphatic carbocycles. The van der Waals surface area contributed by atoms with Crippen LogP contribution in [0.3, 0.4) is 0 Å². The number of carbonyl (C=O) groups excluding carboxylic acids is 1. The number of rotatable bonds is 3. The van der Waals surface area contributed by atoms with Crippen LogP contribution in [0.5, 0.6) is 0 Å². The lowest BCUT2D eigenvalue weighted by molar-refractivity contribution is -0.145. The van der Waals surface area contributed by atoms with Gasteiger partial charge in [0.2, 0.25) is 5.91 Å². The van der Waals surface area contributed by atoms with Crippen molar-refractivity contribution in [2.45, 2.75) is 59.0 Å². The van der Waals surface area contributed by atoms with Crippen molar-refractivity contribution < 1.29 is 4.79 Å². The van der Waals surface area contributed by atoms with E-state index in [2.05, 4.69) is 39.5 Å². The Morgan fingerprint density at radius 3 is 2.31 bits per heavy atom. The van der Waals surface area contributed by atoms with E-state index in [1.807, 2.05) is 4.90 Å². The highest BCUT2D eigenvalue weighted by Gasteiger charge is 2.38. The van der Waals surface area contributed by atoms with E-state index < -0.39 is 0 Å². The fourth-order valence-corrected chi connectivity index (χ4v) is 2.51. The topological polar surface area (TPSA) is 23.6 Å². The summed E-state index contributed by atoms with van der Waals surface area (Å²) in [4.78, 5) is 16.6. The lowest BCUT2D eigenvalue weighted by Gasteiger charge is -2.47. The van der Waals surface area contributed by atoms with Gasteiger partial charge in [-0.3, -0.25) is 9.69 Å². The van der Waals surface area contributed by atoms with Gasteiger partial charge >= 0.3 is 0 Å². The lowest BCUT2D eigenvalue weighted by Crippen LogP contribution is -2.61. The number of hydrogen-bond acceptors (Lipinski definition) is 2. The second-order valence-electron chi connectivity index (χ2n) is 5.59. The molecule has 16 heavy (non-hydrogen) atoms. The van der Waals surface area contributed by atoms with E-state index in [0.717, 1.165) is 32.5 Å². The molecule has 1 atom stereocenters. The minimum atomic E-state index is 0.0926. The average Bonchev–Trinajstić information content (AvgIpc) is 2.19. The van der Waals surface area contributed by atoms with Gasteiger partial charge in [-0.1, -0.05) is 13.3 Å². The second kappa shape index (κ2) is 5.17. The van der Waals surface area contributed by atoms with Gasteiger partial charge in [-0.25, -0.2) is 0 Å². The van der Waals surface area contributed by atoms with Crippen LogP contribution >= 0.6 is 0 Å². The summed E-state index contributed by atoms with van der Waals surface area (Å²) in [6, 6.07) is 0.0960. The van der Waals surface area contributed by atoms with Crippen molar-refractivity contribution in [3.05, 3.63) is 0 Å². The zero-order chi connectivity index (χ0) is 12.3. The molecule has 0 saturated carbocycles. The quantitative estimate of drug-likeness (QED) is 0.736. The molecule has 3 nitrogen and oxygen atoms in total. The van der Waals surface area contributed by atoms with Crippen LogP contribution in [0.25, 0.3) is 0 Å². The number of likely N-dealkylation sites (N-methyl/N-ethyl adjacent to an activating group) is 1. The van der Waals surface area contributed by atoms with Gasteiger partial charge in [-0.05, 0) is 34.1 Å². The smallest absolute Gasteiger partial charge is 0.239 e. The molecule has 1 rings (SSSR count). The first-order valence-corrected chi connectivity index (χ1v) is 6.47. The van der Waals surface area contributed by atoms with E-state index in [-0.39, 0.29) is 11.6 Å². The molecule has 1 aliphatic heterocycles. The molecule has 0 bridgehead atoms. The zero-order valence-corrected chi connectivity index (χ0v) is 11.4. The molecule has 94 valence electrons. The number of amides is 1. The Morgan fingerprint density at radius 1 is 1.25 bits per heavy atom. The molecule has 0 radical (unpaired) electrons. The Hall–Kier alpha value is -0.570. The molecule has 0 spiro atoms. The van der Waals surface area contributed by atoms with Crippen molar-refractivity contribution in [2.24, 2.45) is 0 Å².